The van der Waals surface area contributed by atoms with Crippen LogP contribution in [-0.2, 0) is 22.5 Å². The summed E-state index contributed by atoms with van der Waals surface area (Å²) in [5.41, 5.74) is 1.80. The van der Waals surface area contributed by atoms with Crippen LogP contribution in [0.1, 0.15) is 5.56 Å². The van der Waals surface area contributed by atoms with E-state index in [1.54, 1.807) is 0 Å². The Morgan fingerprint density at radius 1 is 1.21 bits per heavy atom. The van der Waals surface area contributed by atoms with Gasteiger partial charge in [-0.15, -0.1) is 0 Å². The number of carbonyl (C=O) groups is 1. The van der Waals surface area contributed by atoms with Crippen LogP contribution in [0.4, 0.5) is 5.82 Å². The number of carbonyl (C=O) groups excluding carboxylic acids is 1. The van der Waals surface area contributed by atoms with Crippen LogP contribution in [-0.4, -0.2) is 64.8 Å². The summed E-state index contributed by atoms with van der Waals surface area (Å²) in [4.78, 5) is 23.8. The van der Waals surface area contributed by atoms with Gasteiger partial charge in [0.05, 0.1) is 37.8 Å². The molecule has 1 saturated heterocycles. The van der Waals surface area contributed by atoms with Crippen LogP contribution < -0.4 is 10.2 Å². The summed E-state index contributed by atoms with van der Waals surface area (Å²) in [5, 5.41) is 9.12. The molecule has 4 rings (SSSR count). The number of fused-ring (bicyclic) bond motifs is 1. The first kappa shape index (κ1) is 19.7. The van der Waals surface area contributed by atoms with E-state index in [1.165, 1.54) is 11.8 Å². The average molecular weight is 413 g/mol. The number of anilines is 1. The monoisotopic (exact) mass is 412 g/mol. The Balaban J connectivity index is 1.45. The lowest BCUT2D eigenvalue weighted by Gasteiger charge is -2.28. The number of amides is 1. The second-order valence-electron chi connectivity index (χ2n) is 6.75. The second-order valence-corrected chi connectivity index (χ2v) is 7.52. The quantitative estimate of drug-likeness (QED) is 0.467. The number of hydrogen-bond acceptors (Lipinski definition) is 7. The molecule has 1 aliphatic rings. The fourth-order valence-corrected chi connectivity index (χ4v) is 3.69. The van der Waals surface area contributed by atoms with E-state index in [4.69, 9.17) is 9.72 Å². The summed E-state index contributed by atoms with van der Waals surface area (Å²) in [6.07, 6.45) is 4.16. The van der Waals surface area contributed by atoms with Crippen LogP contribution >= 0.6 is 11.8 Å². The van der Waals surface area contributed by atoms with Crippen molar-refractivity contribution in [2.24, 2.45) is 0 Å². The minimum absolute atomic E-state index is 0.00101. The molecule has 1 amide bonds. The third kappa shape index (κ3) is 4.68. The van der Waals surface area contributed by atoms with Crippen molar-refractivity contribution in [2.75, 3.05) is 44.0 Å². The van der Waals surface area contributed by atoms with Gasteiger partial charge in [0.1, 0.15) is 5.82 Å². The first-order valence-electron chi connectivity index (χ1n) is 9.65. The maximum atomic E-state index is 12.2. The van der Waals surface area contributed by atoms with Crippen molar-refractivity contribution in [2.45, 2.75) is 18.1 Å². The molecule has 3 aromatic rings. The predicted octanol–water partition coefficient (Wildman–Crippen LogP) is 1.74. The number of aromatic nitrogens is 4. The van der Waals surface area contributed by atoms with Gasteiger partial charge >= 0.3 is 0 Å². The van der Waals surface area contributed by atoms with E-state index < -0.39 is 0 Å². The molecule has 1 aliphatic heterocycles. The van der Waals surface area contributed by atoms with Gasteiger partial charge in [0.2, 0.25) is 5.91 Å². The molecule has 2 aromatic heterocycles. The van der Waals surface area contributed by atoms with E-state index in [0.29, 0.717) is 37.9 Å². The Morgan fingerprint density at radius 2 is 2.00 bits per heavy atom. The molecular formula is C20H24N6O2S. The highest BCUT2D eigenvalue weighted by molar-refractivity contribution is 7.98. The topological polar surface area (TPSA) is 85.2 Å². The number of nitrogens with one attached hydrogen (secondary N) is 1. The lowest BCUT2D eigenvalue weighted by atomic mass is 10.1. The van der Waals surface area contributed by atoms with Crippen LogP contribution in [0.5, 0.6) is 0 Å². The molecule has 1 N–H and O–H groups in total. The van der Waals surface area contributed by atoms with Gasteiger partial charge in [-0.3, -0.25) is 4.79 Å². The lowest BCUT2D eigenvalue weighted by molar-refractivity contribution is -0.120. The van der Waals surface area contributed by atoms with Gasteiger partial charge in [0, 0.05) is 19.6 Å². The third-order valence-corrected chi connectivity index (χ3v) is 5.35. The van der Waals surface area contributed by atoms with E-state index in [-0.39, 0.29) is 5.91 Å². The first-order valence-corrected chi connectivity index (χ1v) is 10.9. The number of hydrogen-bond donors (Lipinski definition) is 1. The van der Waals surface area contributed by atoms with Crippen molar-refractivity contribution in [3.05, 3.63) is 42.1 Å². The van der Waals surface area contributed by atoms with E-state index >= 15 is 0 Å². The summed E-state index contributed by atoms with van der Waals surface area (Å²) < 4.78 is 7.30. The zero-order valence-electron chi connectivity index (χ0n) is 16.4. The van der Waals surface area contributed by atoms with E-state index in [1.807, 2.05) is 47.5 Å². The van der Waals surface area contributed by atoms with Gasteiger partial charge in [0.25, 0.3) is 0 Å². The predicted molar refractivity (Wildman–Crippen MR) is 113 cm³/mol. The highest BCUT2D eigenvalue weighted by atomic mass is 32.2. The van der Waals surface area contributed by atoms with Crippen molar-refractivity contribution < 1.29 is 9.53 Å². The van der Waals surface area contributed by atoms with Gasteiger partial charge in [-0.05, 0) is 11.8 Å². The molecular weight excluding hydrogens is 388 g/mol. The molecule has 3 heterocycles. The summed E-state index contributed by atoms with van der Waals surface area (Å²) in [5.74, 6) is 0.906. The fourth-order valence-electron chi connectivity index (χ4n) is 3.34. The van der Waals surface area contributed by atoms with Gasteiger partial charge in [-0.1, -0.05) is 42.1 Å². The largest absolute Gasteiger partial charge is 0.378 e. The number of benzene rings is 1. The molecule has 0 aliphatic carbocycles. The highest BCUT2D eigenvalue weighted by Gasteiger charge is 2.19. The number of ether oxygens (including phenoxy) is 1. The van der Waals surface area contributed by atoms with Crippen molar-refractivity contribution in [1.29, 1.82) is 0 Å². The maximum absolute atomic E-state index is 12.2. The summed E-state index contributed by atoms with van der Waals surface area (Å²) in [7, 11) is 0. The molecule has 0 unspecified atom stereocenters. The molecule has 0 saturated carbocycles. The molecule has 0 atom stereocenters. The SMILES string of the molecule is CSc1nc(N2CCOCC2)c2cnn(CCNC(=O)Cc3ccccc3)c2n1. The van der Waals surface area contributed by atoms with Crippen molar-refractivity contribution >= 4 is 34.5 Å². The van der Waals surface area contributed by atoms with Crippen molar-refractivity contribution in [3.8, 4) is 0 Å². The lowest BCUT2D eigenvalue weighted by Crippen LogP contribution is -2.37. The Labute approximate surface area is 173 Å². The molecule has 29 heavy (non-hydrogen) atoms. The van der Waals surface area contributed by atoms with E-state index in [2.05, 4.69) is 20.3 Å². The smallest absolute Gasteiger partial charge is 0.224 e. The maximum Gasteiger partial charge on any atom is 0.224 e. The number of morpholine rings is 1. The van der Waals surface area contributed by atoms with Gasteiger partial charge in [-0.2, -0.15) is 5.10 Å². The molecule has 0 bridgehead atoms. The Morgan fingerprint density at radius 3 is 2.76 bits per heavy atom. The van der Waals surface area contributed by atoms with Crippen LogP contribution in [0, 0.1) is 0 Å². The molecule has 152 valence electrons. The van der Waals surface area contributed by atoms with Gasteiger partial charge in [0.15, 0.2) is 10.8 Å². The Kier molecular flexibility index (Phi) is 6.26. The zero-order chi connectivity index (χ0) is 20.1. The number of nitrogens with zero attached hydrogens (tertiary/aromatic N) is 5. The summed E-state index contributed by atoms with van der Waals surface area (Å²) in [6, 6.07) is 9.73. The zero-order valence-corrected chi connectivity index (χ0v) is 17.2. The van der Waals surface area contributed by atoms with Crippen molar-refractivity contribution in [3.63, 3.8) is 0 Å². The Bertz CT molecular complexity index is 972. The van der Waals surface area contributed by atoms with Crippen LogP contribution in [0.15, 0.2) is 41.7 Å². The molecule has 1 fully saturated rings. The van der Waals surface area contributed by atoms with Crippen LogP contribution in [0.3, 0.4) is 0 Å². The van der Waals surface area contributed by atoms with Crippen LogP contribution in [0.2, 0.25) is 0 Å². The molecule has 8 nitrogen and oxygen atoms in total. The van der Waals surface area contributed by atoms with Gasteiger partial charge in [-0.25, -0.2) is 14.6 Å². The first-order chi connectivity index (χ1) is 14.2. The second kappa shape index (κ2) is 9.23. The normalized spacial score (nSPS) is 14.3. The average Bonchev–Trinajstić information content (AvgIpc) is 3.17. The molecule has 1 aromatic carbocycles. The molecule has 0 spiro atoms. The molecule has 9 heteroatoms. The summed E-state index contributed by atoms with van der Waals surface area (Å²) >= 11 is 1.51. The van der Waals surface area contributed by atoms with Gasteiger partial charge < -0.3 is 15.0 Å². The molecule has 0 radical (unpaired) electrons. The third-order valence-electron chi connectivity index (χ3n) is 4.80. The standard InChI is InChI=1S/C20H24N6O2S/c1-29-20-23-18(25-9-11-28-12-10-25)16-14-22-26(19(16)24-20)8-7-21-17(27)13-15-5-3-2-4-6-15/h2-6,14H,7-13H2,1H3,(H,21,27). The van der Waals surface area contributed by atoms with Crippen LogP contribution in [0.25, 0.3) is 11.0 Å². The number of thioether (sulfide) groups is 1. The fraction of sp³-hybridized carbons (Fsp3) is 0.400. The van der Waals surface area contributed by atoms with E-state index in [9.17, 15) is 4.79 Å². The summed E-state index contributed by atoms with van der Waals surface area (Å²) in [6.45, 7) is 4.05. The van der Waals surface area contributed by atoms with Crippen molar-refractivity contribution in [1.82, 2.24) is 25.1 Å². The minimum Gasteiger partial charge on any atom is -0.378 e. The Hall–Kier alpha value is -2.65. The number of rotatable bonds is 7. The highest BCUT2D eigenvalue weighted by Crippen LogP contribution is 2.27. The van der Waals surface area contributed by atoms with E-state index in [0.717, 1.165) is 35.5 Å². The minimum atomic E-state index is 0.00101.